The molecule has 1 aliphatic rings. The second-order valence-electron chi connectivity index (χ2n) is 9.40. The van der Waals surface area contributed by atoms with Crippen molar-refractivity contribution in [3.05, 3.63) is 48.0 Å². The number of nitrogens with zero attached hydrogens (tertiary/aromatic N) is 3. The summed E-state index contributed by atoms with van der Waals surface area (Å²) in [6, 6.07) is 6.95. The summed E-state index contributed by atoms with van der Waals surface area (Å²) >= 11 is 0. The molecule has 1 fully saturated rings. The van der Waals surface area contributed by atoms with E-state index in [2.05, 4.69) is 20.6 Å². The van der Waals surface area contributed by atoms with Crippen molar-refractivity contribution >= 4 is 40.1 Å². The highest BCUT2D eigenvalue weighted by atomic mass is 19.4. The van der Waals surface area contributed by atoms with E-state index in [1.807, 2.05) is 26.0 Å². The van der Waals surface area contributed by atoms with Crippen molar-refractivity contribution in [2.24, 2.45) is 5.92 Å². The Morgan fingerprint density at radius 1 is 1.05 bits per heavy atom. The predicted molar refractivity (Wildman–Crippen MR) is 133 cm³/mol. The number of pyridine rings is 1. The van der Waals surface area contributed by atoms with Crippen molar-refractivity contribution in [1.82, 2.24) is 19.8 Å². The normalized spacial score (nSPS) is 16.3. The number of carboxylic acid groups (broad SMARTS) is 2. The fourth-order valence-electron chi connectivity index (χ4n) is 3.82. The molecule has 43 heavy (non-hydrogen) atoms. The number of halogens is 8. The molecule has 10 nitrogen and oxygen atoms in total. The summed E-state index contributed by atoms with van der Waals surface area (Å²) in [5.74, 6) is -6.38. The summed E-state index contributed by atoms with van der Waals surface area (Å²) in [4.78, 5) is 29.8. The van der Waals surface area contributed by atoms with Gasteiger partial charge in [-0.2, -0.15) is 36.5 Å². The van der Waals surface area contributed by atoms with Crippen LogP contribution < -0.4 is 5.32 Å². The van der Waals surface area contributed by atoms with Gasteiger partial charge in [0.1, 0.15) is 12.0 Å². The number of benzene rings is 1. The molecule has 0 saturated heterocycles. The molecule has 0 bridgehead atoms. The number of nitrogens with one attached hydrogen (secondary N) is 2. The first kappa shape index (κ1) is 32.7. The van der Waals surface area contributed by atoms with E-state index in [9.17, 15) is 39.9 Å². The van der Waals surface area contributed by atoms with Crippen LogP contribution in [0.2, 0.25) is 0 Å². The zero-order chi connectivity index (χ0) is 32.4. The summed E-state index contributed by atoms with van der Waals surface area (Å²) in [5.41, 5.74) is 3.61. The Morgan fingerprint density at radius 2 is 1.60 bits per heavy atom. The minimum atomic E-state index is -5.08. The maximum Gasteiger partial charge on any atom is 0.490 e. The predicted octanol–water partition coefficient (Wildman–Crippen LogP) is 5.70. The van der Waals surface area contributed by atoms with Crippen LogP contribution in [0, 0.1) is 11.7 Å². The molecule has 0 unspecified atom stereocenters. The van der Waals surface area contributed by atoms with Gasteiger partial charge in [-0.15, -0.1) is 0 Å². The zero-order valence-electron chi connectivity index (χ0n) is 21.9. The molecule has 4 N–H and O–H groups in total. The summed E-state index contributed by atoms with van der Waals surface area (Å²) in [6.07, 6.45) is -7.50. The van der Waals surface area contributed by atoms with Gasteiger partial charge < -0.3 is 15.5 Å². The smallest absolute Gasteiger partial charge is 0.475 e. The standard InChI is InChI=1S/C21H19F2N5O.2C2HF3O2/c1-10(2)19-16(23)8-17-14(9-24-26-17)20(19)11-3-4-28-12(5-11)6-18(27-28)25-21(29)13-7-15(13)22;2*3-2(4,5)1(6)7/h3-6,8-10,13,15H,7H2,1-2H3,(H,24,26)(H,25,27,29);2*(H,6,7)/t13-,15+;;/m1../s1. The van der Waals surface area contributed by atoms with Crippen LogP contribution in [0.3, 0.4) is 0 Å². The minimum absolute atomic E-state index is 0.0209. The van der Waals surface area contributed by atoms with Crippen LogP contribution in [0.15, 0.2) is 36.7 Å². The quantitative estimate of drug-likeness (QED) is 0.213. The lowest BCUT2D eigenvalue weighted by atomic mass is 9.90. The molecule has 18 heteroatoms. The number of anilines is 1. The van der Waals surface area contributed by atoms with E-state index in [1.165, 1.54) is 6.07 Å². The molecule has 0 spiro atoms. The average molecular weight is 623 g/mol. The van der Waals surface area contributed by atoms with Crippen molar-refractivity contribution in [3.63, 3.8) is 0 Å². The Bertz CT molecular complexity index is 1640. The van der Waals surface area contributed by atoms with Gasteiger partial charge in [0.25, 0.3) is 0 Å². The van der Waals surface area contributed by atoms with E-state index in [0.29, 0.717) is 16.9 Å². The summed E-state index contributed by atoms with van der Waals surface area (Å²) < 4.78 is 93.0. The highest BCUT2D eigenvalue weighted by molar-refractivity contribution is 5.98. The first-order chi connectivity index (χ1) is 19.8. The largest absolute Gasteiger partial charge is 0.490 e. The topological polar surface area (TPSA) is 150 Å². The van der Waals surface area contributed by atoms with Crippen LogP contribution in [0.25, 0.3) is 27.5 Å². The third-order valence-corrected chi connectivity index (χ3v) is 5.85. The summed E-state index contributed by atoms with van der Waals surface area (Å²) in [5, 5.41) is 29.0. The second kappa shape index (κ2) is 12.2. The number of fused-ring (bicyclic) bond motifs is 2. The molecule has 3 heterocycles. The van der Waals surface area contributed by atoms with Crippen LogP contribution in [-0.2, 0) is 14.4 Å². The number of aromatic nitrogens is 4. The van der Waals surface area contributed by atoms with E-state index < -0.39 is 36.4 Å². The maximum absolute atomic E-state index is 14.8. The van der Waals surface area contributed by atoms with Crippen LogP contribution in [-0.4, -0.2) is 66.4 Å². The Morgan fingerprint density at radius 3 is 2.09 bits per heavy atom. The first-order valence-electron chi connectivity index (χ1n) is 12.0. The molecule has 0 radical (unpaired) electrons. The van der Waals surface area contributed by atoms with Gasteiger partial charge in [0, 0.05) is 17.6 Å². The molecule has 0 aliphatic heterocycles. The average Bonchev–Trinajstić information content (AvgIpc) is 3.25. The van der Waals surface area contributed by atoms with Gasteiger partial charge in [0.05, 0.1) is 23.1 Å². The van der Waals surface area contributed by atoms with Crippen molar-refractivity contribution in [1.29, 1.82) is 0 Å². The molecule has 4 aromatic rings. The van der Waals surface area contributed by atoms with Crippen LogP contribution in [0.5, 0.6) is 0 Å². The molecule has 2 atom stereocenters. The van der Waals surface area contributed by atoms with Gasteiger partial charge in [-0.05, 0) is 47.2 Å². The highest BCUT2D eigenvalue weighted by Gasteiger charge is 2.44. The number of carbonyl (C=O) groups is 3. The number of aliphatic carboxylic acids is 2. The van der Waals surface area contributed by atoms with Gasteiger partial charge in [-0.1, -0.05) is 13.8 Å². The van der Waals surface area contributed by atoms with Crippen LogP contribution in [0.4, 0.5) is 40.9 Å². The van der Waals surface area contributed by atoms with Gasteiger partial charge in [-0.25, -0.2) is 22.9 Å². The maximum atomic E-state index is 14.8. The number of carbonyl (C=O) groups excluding carboxylic acids is 1. The highest BCUT2D eigenvalue weighted by Crippen LogP contribution is 2.38. The summed E-state index contributed by atoms with van der Waals surface area (Å²) in [7, 11) is 0. The van der Waals surface area contributed by atoms with E-state index >= 15 is 0 Å². The molecular formula is C25H21F8N5O5. The van der Waals surface area contributed by atoms with Crippen molar-refractivity contribution in [2.75, 3.05) is 5.32 Å². The molecule has 1 amide bonds. The number of hydrogen-bond acceptors (Lipinski definition) is 5. The van der Waals surface area contributed by atoms with Gasteiger partial charge >= 0.3 is 24.3 Å². The molecule has 5 rings (SSSR count). The number of hydrogen-bond donors (Lipinski definition) is 4. The number of aromatic amines is 1. The SMILES string of the molecule is CC(C)c1c(F)cc2[nH]ncc2c1-c1ccn2nc(NC(=O)[C@@H]3C[C@@H]3F)cc2c1.O=C(O)C(F)(F)F.O=C(O)C(F)(F)F. The summed E-state index contributed by atoms with van der Waals surface area (Å²) in [6.45, 7) is 3.91. The Balaban J connectivity index is 0.000000303. The Labute approximate surface area is 235 Å². The molecular weight excluding hydrogens is 602 g/mol. The number of rotatable bonds is 4. The lowest BCUT2D eigenvalue weighted by molar-refractivity contribution is -0.193. The lowest BCUT2D eigenvalue weighted by Gasteiger charge is -2.15. The Hall–Kier alpha value is -4.77. The Kier molecular flexibility index (Phi) is 9.31. The number of amides is 1. The van der Waals surface area contributed by atoms with E-state index in [0.717, 1.165) is 22.0 Å². The van der Waals surface area contributed by atoms with Gasteiger partial charge in [-0.3, -0.25) is 9.89 Å². The molecule has 1 aromatic carbocycles. The van der Waals surface area contributed by atoms with E-state index in [4.69, 9.17) is 19.8 Å². The third-order valence-electron chi connectivity index (χ3n) is 5.85. The van der Waals surface area contributed by atoms with Crippen molar-refractivity contribution in [3.8, 4) is 11.1 Å². The monoisotopic (exact) mass is 623 g/mol. The zero-order valence-corrected chi connectivity index (χ0v) is 21.9. The molecule has 232 valence electrons. The number of carboxylic acids is 2. The number of H-pyrrole nitrogens is 1. The third kappa shape index (κ3) is 7.95. The first-order valence-corrected chi connectivity index (χ1v) is 12.0. The fraction of sp³-hybridized carbons (Fsp3) is 0.320. The van der Waals surface area contributed by atoms with Crippen LogP contribution >= 0.6 is 0 Å². The molecule has 3 aromatic heterocycles. The number of alkyl halides is 7. The van der Waals surface area contributed by atoms with Gasteiger partial charge in [0.15, 0.2) is 5.82 Å². The van der Waals surface area contributed by atoms with Crippen LogP contribution in [0.1, 0.15) is 31.7 Å². The molecule has 1 aliphatic carbocycles. The second-order valence-corrected chi connectivity index (χ2v) is 9.40. The van der Waals surface area contributed by atoms with E-state index in [-0.39, 0.29) is 24.1 Å². The lowest BCUT2D eigenvalue weighted by Crippen LogP contribution is -2.21. The van der Waals surface area contributed by atoms with Crippen molar-refractivity contribution < 1.29 is 59.7 Å². The van der Waals surface area contributed by atoms with E-state index in [1.54, 1.807) is 23.0 Å². The minimum Gasteiger partial charge on any atom is -0.475 e. The fourth-order valence-corrected chi connectivity index (χ4v) is 3.82. The van der Waals surface area contributed by atoms with Crippen molar-refractivity contribution in [2.45, 2.75) is 44.7 Å². The molecule has 1 saturated carbocycles. The van der Waals surface area contributed by atoms with Gasteiger partial charge in [0.2, 0.25) is 5.91 Å².